The summed E-state index contributed by atoms with van der Waals surface area (Å²) in [4.78, 5) is 13.0. The zero-order valence-electron chi connectivity index (χ0n) is 9.16. The fourth-order valence-electron chi connectivity index (χ4n) is 2.45. The molecule has 3 rings (SSSR count). The molecule has 2 heterocycles. The second-order valence-corrected chi connectivity index (χ2v) is 4.44. The molecule has 5 heteroatoms. The van der Waals surface area contributed by atoms with Crippen LogP contribution in [0.4, 0.5) is 4.39 Å². The van der Waals surface area contributed by atoms with Crippen molar-refractivity contribution in [3.05, 3.63) is 35.1 Å². The molecule has 2 aliphatic heterocycles. The van der Waals surface area contributed by atoms with E-state index in [2.05, 4.69) is 5.32 Å². The van der Waals surface area contributed by atoms with E-state index in [4.69, 9.17) is 5.41 Å². The third-order valence-electron chi connectivity index (χ3n) is 3.35. The maximum atomic E-state index is 13.1. The van der Waals surface area contributed by atoms with Crippen molar-refractivity contribution in [2.24, 2.45) is 0 Å². The minimum Gasteiger partial charge on any atom is -0.354 e. The molecule has 0 spiro atoms. The Bertz CT molecular complexity index is 514. The van der Waals surface area contributed by atoms with E-state index in [1.165, 1.54) is 12.1 Å². The molecule has 0 bridgehead atoms. The van der Waals surface area contributed by atoms with E-state index in [1.807, 2.05) is 4.90 Å². The van der Waals surface area contributed by atoms with Gasteiger partial charge in [0.2, 0.25) is 5.91 Å². The number of benzene rings is 1. The SMILES string of the molecule is N=C1c2cc(F)ccc2CN1C1CNC(=O)C1. The standard InChI is InChI=1S/C12H12FN3O/c13-8-2-1-7-6-16(12(14)10(7)3-8)9-4-11(17)15-5-9/h1-3,9,14H,4-6H2,(H,15,17). The summed E-state index contributed by atoms with van der Waals surface area (Å²) in [5.74, 6) is 0.0157. The minimum atomic E-state index is -0.323. The van der Waals surface area contributed by atoms with E-state index in [-0.39, 0.29) is 17.8 Å². The van der Waals surface area contributed by atoms with Gasteiger partial charge in [0.15, 0.2) is 0 Å². The largest absolute Gasteiger partial charge is 0.354 e. The quantitative estimate of drug-likeness (QED) is 0.755. The van der Waals surface area contributed by atoms with Crippen molar-refractivity contribution in [3.63, 3.8) is 0 Å². The van der Waals surface area contributed by atoms with Gasteiger partial charge in [0, 0.05) is 25.1 Å². The summed E-state index contributed by atoms with van der Waals surface area (Å²) >= 11 is 0. The summed E-state index contributed by atoms with van der Waals surface area (Å²) in [6.45, 7) is 1.16. The highest BCUT2D eigenvalue weighted by atomic mass is 19.1. The highest BCUT2D eigenvalue weighted by molar-refractivity contribution is 6.01. The van der Waals surface area contributed by atoms with Crippen LogP contribution in [0.15, 0.2) is 18.2 Å². The average molecular weight is 233 g/mol. The average Bonchev–Trinajstić information content (AvgIpc) is 2.84. The van der Waals surface area contributed by atoms with Gasteiger partial charge in [0.25, 0.3) is 0 Å². The molecule has 2 aliphatic rings. The van der Waals surface area contributed by atoms with Crippen LogP contribution in [-0.2, 0) is 11.3 Å². The smallest absolute Gasteiger partial charge is 0.222 e. The van der Waals surface area contributed by atoms with Gasteiger partial charge < -0.3 is 10.2 Å². The molecule has 0 saturated carbocycles. The van der Waals surface area contributed by atoms with E-state index >= 15 is 0 Å². The highest BCUT2D eigenvalue weighted by Crippen LogP contribution is 2.27. The van der Waals surface area contributed by atoms with E-state index in [9.17, 15) is 9.18 Å². The summed E-state index contributed by atoms with van der Waals surface area (Å²) in [6.07, 6.45) is 0.416. The van der Waals surface area contributed by atoms with Crippen molar-refractivity contribution in [1.82, 2.24) is 10.2 Å². The number of nitrogens with zero attached hydrogens (tertiary/aromatic N) is 1. The number of carbonyl (C=O) groups excluding carboxylic acids is 1. The first-order chi connectivity index (χ1) is 8.15. The summed E-state index contributed by atoms with van der Waals surface area (Å²) < 4.78 is 13.1. The molecule has 0 aromatic heterocycles. The lowest BCUT2D eigenvalue weighted by molar-refractivity contribution is -0.119. The normalized spacial score (nSPS) is 22.9. The molecular formula is C12H12FN3O. The Labute approximate surface area is 97.9 Å². The molecule has 1 fully saturated rings. The third kappa shape index (κ3) is 1.58. The monoisotopic (exact) mass is 233 g/mol. The van der Waals surface area contributed by atoms with Gasteiger partial charge in [-0.3, -0.25) is 10.2 Å². The van der Waals surface area contributed by atoms with Gasteiger partial charge in [-0.25, -0.2) is 4.39 Å². The van der Waals surface area contributed by atoms with Gasteiger partial charge in [-0.05, 0) is 17.7 Å². The minimum absolute atomic E-state index is 0.0185. The van der Waals surface area contributed by atoms with Crippen molar-refractivity contribution in [2.75, 3.05) is 6.54 Å². The third-order valence-corrected chi connectivity index (χ3v) is 3.35. The number of hydrogen-bond donors (Lipinski definition) is 2. The molecule has 4 nitrogen and oxygen atoms in total. The Morgan fingerprint density at radius 3 is 3.00 bits per heavy atom. The predicted molar refractivity (Wildman–Crippen MR) is 60.2 cm³/mol. The van der Waals surface area contributed by atoms with Crippen LogP contribution in [0.1, 0.15) is 17.5 Å². The number of halogens is 1. The van der Waals surface area contributed by atoms with Crippen LogP contribution in [0.25, 0.3) is 0 Å². The van der Waals surface area contributed by atoms with Crippen LogP contribution in [0.5, 0.6) is 0 Å². The molecule has 17 heavy (non-hydrogen) atoms. The maximum Gasteiger partial charge on any atom is 0.222 e. The molecule has 1 saturated heterocycles. The maximum absolute atomic E-state index is 13.1. The van der Waals surface area contributed by atoms with E-state index < -0.39 is 0 Å². The first kappa shape index (κ1) is 10.3. The summed E-state index contributed by atoms with van der Waals surface area (Å²) in [5, 5.41) is 10.8. The number of hydrogen-bond acceptors (Lipinski definition) is 2. The molecule has 1 aromatic rings. The molecule has 0 aliphatic carbocycles. The lowest BCUT2D eigenvalue weighted by Gasteiger charge is -2.23. The second kappa shape index (κ2) is 3.55. The zero-order valence-corrected chi connectivity index (χ0v) is 9.16. The van der Waals surface area contributed by atoms with Crippen LogP contribution in [-0.4, -0.2) is 29.2 Å². The predicted octanol–water partition coefficient (Wildman–Crippen LogP) is 0.855. The Morgan fingerprint density at radius 1 is 1.47 bits per heavy atom. The summed E-state index contributed by atoms with van der Waals surface area (Å²) in [6, 6.07) is 4.53. The van der Waals surface area contributed by atoms with Crippen molar-refractivity contribution in [3.8, 4) is 0 Å². The van der Waals surface area contributed by atoms with Crippen LogP contribution in [0, 0.1) is 11.2 Å². The Morgan fingerprint density at radius 2 is 2.29 bits per heavy atom. The van der Waals surface area contributed by atoms with Crippen LogP contribution in [0.2, 0.25) is 0 Å². The molecule has 1 aromatic carbocycles. The lowest BCUT2D eigenvalue weighted by atomic mass is 10.1. The van der Waals surface area contributed by atoms with Crippen molar-refractivity contribution in [1.29, 1.82) is 5.41 Å². The van der Waals surface area contributed by atoms with Gasteiger partial charge >= 0.3 is 0 Å². The highest BCUT2D eigenvalue weighted by Gasteiger charge is 2.34. The second-order valence-electron chi connectivity index (χ2n) is 4.44. The van der Waals surface area contributed by atoms with Crippen molar-refractivity contribution < 1.29 is 9.18 Å². The van der Waals surface area contributed by atoms with E-state index in [1.54, 1.807) is 6.07 Å². The van der Waals surface area contributed by atoms with Crippen LogP contribution < -0.4 is 5.32 Å². The molecular weight excluding hydrogens is 221 g/mol. The number of rotatable bonds is 1. The fourth-order valence-corrected chi connectivity index (χ4v) is 2.45. The van der Waals surface area contributed by atoms with Crippen LogP contribution in [0.3, 0.4) is 0 Å². The molecule has 2 N–H and O–H groups in total. The Hall–Kier alpha value is -1.91. The van der Waals surface area contributed by atoms with E-state index in [0.717, 1.165) is 5.56 Å². The van der Waals surface area contributed by atoms with Gasteiger partial charge in [-0.2, -0.15) is 0 Å². The molecule has 88 valence electrons. The molecule has 1 unspecified atom stereocenters. The first-order valence-electron chi connectivity index (χ1n) is 5.56. The van der Waals surface area contributed by atoms with Crippen molar-refractivity contribution in [2.45, 2.75) is 19.0 Å². The number of nitrogens with one attached hydrogen (secondary N) is 2. The summed E-state index contributed by atoms with van der Waals surface area (Å²) in [5.41, 5.74) is 1.60. The van der Waals surface area contributed by atoms with Gasteiger partial charge in [-0.1, -0.05) is 6.07 Å². The number of fused-ring (bicyclic) bond motifs is 1. The van der Waals surface area contributed by atoms with Crippen LogP contribution >= 0.6 is 0 Å². The lowest BCUT2D eigenvalue weighted by Crippen LogP contribution is -2.36. The zero-order chi connectivity index (χ0) is 12.0. The number of carbonyl (C=O) groups is 1. The number of amides is 1. The topological polar surface area (TPSA) is 56.2 Å². The first-order valence-corrected chi connectivity index (χ1v) is 5.56. The fraction of sp³-hybridized carbons (Fsp3) is 0.333. The molecule has 1 amide bonds. The van der Waals surface area contributed by atoms with Gasteiger partial charge in [-0.15, -0.1) is 0 Å². The Balaban J connectivity index is 1.89. The van der Waals surface area contributed by atoms with Crippen molar-refractivity contribution >= 4 is 11.7 Å². The molecule has 0 radical (unpaired) electrons. The van der Waals surface area contributed by atoms with Gasteiger partial charge in [0.05, 0.1) is 6.04 Å². The van der Waals surface area contributed by atoms with Gasteiger partial charge in [0.1, 0.15) is 11.7 Å². The summed E-state index contributed by atoms with van der Waals surface area (Å²) in [7, 11) is 0. The van der Waals surface area contributed by atoms with E-state index in [0.29, 0.717) is 30.9 Å². The molecule has 1 atom stereocenters. The Kier molecular flexibility index (Phi) is 2.14. The number of amidine groups is 1.